The summed E-state index contributed by atoms with van der Waals surface area (Å²) in [7, 11) is 1.68. The van der Waals surface area contributed by atoms with Gasteiger partial charge < -0.3 is 15.5 Å². The van der Waals surface area contributed by atoms with Crippen LogP contribution in [0.25, 0.3) is 10.9 Å². The van der Waals surface area contributed by atoms with E-state index in [1.807, 2.05) is 38.2 Å². The molecule has 0 aliphatic rings. The second-order valence-corrected chi connectivity index (χ2v) is 4.89. The van der Waals surface area contributed by atoms with E-state index >= 15 is 0 Å². The minimum Gasteiger partial charge on any atom is -0.497 e. The molecule has 0 radical (unpaired) electrons. The number of aromatic nitrogens is 1. The molecule has 0 saturated heterocycles. The Kier molecular flexibility index (Phi) is 2.64. The number of H-pyrrole nitrogens is 1. The average molecular weight is 218 g/mol. The van der Waals surface area contributed by atoms with Crippen LogP contribution in [0.2, 0.25) is 0 Å². The van der Waals surface area contributed by atoms with Crippen molar-refractivity contribution in [2.45, 2.75) is 25.8 Å². The highest BCUT2D eigenvalue weighted by molar-refractivity contribution is 5.84. The second-order valence-electron chi connectivity index (χ2n) is 4.89. The maximum absolute atomic E-state index is 6.04. The number of ether oxygens (including phenoxy) is 1. The zero-order valence-corrected chi connectivity index (χ0v) is 10.0. The molecule has 0 bridgehead atoms. The van der Waals surface area contributed by atoms with Gasteiger partial charge in [-0.15, -0.1) is 0 Å². The SMILES string of the molecule is COc1ccc2[nH]cc(CC(C)(C)N)c2c1. The average Bonchev–Trinajstić information content (AvgIpc) is 2.58. The molecule has 2 rings (SSSR count). The molecule has 3 N–H and O–H groups in total. The maximum Gasteiger partial charge on any atom is 0.119 e. The summed E-state index contributed by atoms with van der Waals surface area (Å²) >= 11 is 0. The Bertz CT molecular complexity index is 494. The lowest BCUT2D eigenvalue weighted by atomic mass is 9.96. The van der Waals surface area contributed by atoms with Crippen LogP contribution < -0.4 is 10.5 Å². The molecule has 86 valence electrons. The number of methoxy groups -OCH3 is 1. The summed E-state index contributed by atoms with van der Waals surface area (Å²) in [4.78, 5) is 3.25. The van der Waals surface area contributed by atoms with E-state index in [9.17, 15) is 0 Å². The first-order valence-corrected chi connectivity index (χ1v) is 5.42. The molecule has 0 fully saturated rings. The Balaban J connectivity index is 2.46. The monoisotopic (exact) mass is 218 g/mol. The summed E-state index contributed by atoms with van der Waals surface area (Å²) in [5.41, 5.74) is 8.21. The van der Waals surface area contributed by atoms with Crippen molar-refractivity contribution in [3.8, 4) is 5.75 Å². The molecule has 0 saturated carbocycles. The predicted molar refractivity (Wildman–Crippen MR) is 66.8 cm³/mol. The molecular weight excluding hydrogens is 200 g/mol. The van der Waals surface area contributed by atoms with Gasteiger partial charge in [0.15, 0.2) is 0 Å². The summed E-state index contributed by atoms with van der Waals surface area (Å²) in [5, 5.41) is 1.19. The lowest BCUT2D eigenvalue weighted by molar-refractivity contribution is 0.415. The van der Waals surface area contributed by atoms with Crippen molar-refractivity contribution in [3.63, 3.8) is 0 Å². The number of fused-ring (bicyclic) bond motifs is 1. The first-order valence-electron chi connectivity index (χ1n) is 5.42. The predicted octanol–water partition coefficient (Wildman–Crippen LogP) is 2.46. The van der Waals surface area contributed by atoms with E-state index in [1.165, 1.54) is 10.9 Å². The number of benzene rings is 1. The van der Waals surface area contributed by atoms with Gasteiger partial charge in [0, 0.05) is 22.6 Å². The van der Waals surface area contributed by atoms with Gasteiger partial charge in [0.05, 0.1) is 7.11 Å². The third kappa shape index (κ3) is 2.19. The van der Waals surface area contributed by atoms with E-state index in [4.69, 9.17) is 10.5 Å². The fourth-order valence-electron chi connectivity index (χ4n) is 1.92. The van der Waals surface area contributed by atoms with Crippen molar-refractivity contribution < 1.29 is 4.74 Å². The lowest BCUT2D eigenvalue weighted by Crippen LogP contribution is -2.34. The zero-order valence-electron chi connectivity index (χ0n) is 10.0. The minimum absolute atomic E-state index is 0.196. The molecule has 3 heteroatoms. The van der Waals surface area contributed by atoms with Crippen molar-refractivity contribution >= 4 is 10.9 Å². The van der Waals surface area contributed by atoms with Crippen molar-refractivity contribution in [3.05, 3.63) is 30.0 Å². The Labute approximate surface area is 95.6 Å². The van der Waals surface area contributed by atoms with E-state index in [-0.39, 0.29) is 5.54 Å². The fourth-order valence-corrected chi connectivity index (χ4v) is 1.92. The Morgan fingerprint density at radius 1 is 1.38 bits per heavy atom. The van der Waals surface area contributed by atoms with Crippen LogP contribution in [0.3, 0.4) is 0 Å². The quantitative estimate of drug-likeness (QED) is 0.831. The molecule has 1 aromatic carbocycles. The lowest BCUT2D eigenvalue weighted by Gasteiger charge is -2.17. The Hall–Kier alpha value is -1.48. The molecule has 16 heavy (non-hydrogen) atoms. The Morgan fingerprint density at radius 3 is 2.75 bits per heavy atom. The molecular formula is C13H18N2O. The third-order valence-electron chi connectivity index (χ3n) is 2.62. The van der Waals surface area contributed by atoms with Crippen LogP contribution in [-0.2, 0) is 6.42 Å². The smallest absolute Gasteiger partial charge is 0.119 e. The van der Waals surface area contributed by atoms with Crippen LogP contribution in [-0.4, -0.2) is 17.6 Å². The normalized spacial score (nSPS) is 12.0. The largest absolute Gasteiger partial charge is 0.497 e. The molecule has 0 aliphatic carbocycles. The molecule has 2 aromatic rings. The standard InChI is InChI=1S/C13H18N2O/c1-13(2,14)7-9-8-15-12-5-4-10(16-3)6-11(9)12/h4-6,8,15H,7,14H2,1-3H3. The highest BCUT2D eigenvalue weighted by atomic mass is 16.5. The molecule has 0 atom stereocenters. The summed E-state index contributed by atoms with van der Waals surface area (Å²) in [6.07, 6.45) is 2.87. The fraction of sp³-hybridized carbons (Fsp3) is 0.385. The second kappa shape index (κ2) is 3.83. The number of rotatable bonds is 3. The highest BCUT2D eigenvalue weighted by Crippen LogP contribution is 2.25. The molecule has 0 amide bonds. The van der Waals surface area contributed by atoms with Gasteiger partial charge in [0.1, 0.15) is 5.75 Å². The van der Waals surface area contributed by atoms with Gasteiger partial charge in [-0.05, 0) is 44.0 Å². The molecule has 1 aromatic heterocycles. The topological polar surface area (TPSA) is 51.0 Å². The van der Waals surface area contributed by atoms with E-state index in [1.54, 1.807) is 7.11 Å². The van der Waals surface area contributed by atoms with Gasteiger partial charge in [-0.2, -0.15) is 0 Å². The van der Waals surface area contributed by atoms with E-state index in [0.29, 0.717) is 0 Å². The van der Waals surface area contributed by atoms with E-state index in [2.05, 4.69) is 4.98 Å². The summed E-state index contributed by atoms with van der Waals surface area (Å²) in [6, 6.07) is 6.03. The number of hydrogen-bond acceptors (Lipinski definition) is 2. The first-order chi connectivity index (χ1) is 7.49. The third-order valence-corrected chi connectivity index (χ3v) is 2.62. The van der Waals surface area contributed by atoms with Gasteiger partial charge in [-0.3, -0.25) is 0 Å². The van der Waals surface area contributed by atoms with Crippen LogP contribution in [0.15, 0.2) is 24.4 Å². The van der Waals surface area contributed by atoms with Crippen molar-refractivity contribution in [2.75, 3.05) is 7.11 Å². The summed E-state index contributed by atoms with van der Waals surface area (Å²) in [6.45, 7) is 4.07. The number of hydrogen-bond donors (Lipinski definition) is 2. The summed E-state index contributed by atoms with van der Waals surface area (Å²) < 4.78 is 5.23. The molecule has 0 spiro atoms. The minimum atomic E-state index is -0.196. The van der Waals surface area contributed by atoms with Crippen molar-refractivity contribution in [2.24, 2.45) is 5.73 Å². The maximum atomic E-state index is 6.04. The molecule has 1 heterocycles. The number of nitrogens with two attached hydrogens (primary N) is 1. The van der Waals surface area contributed by atoms with E-state index < -0.39 is 0 Å². The van der Waals surface area contributed by atoms with Crippen LogP contribution in [0.5, 0.6) is 5.75 Å². The first kappa shape index (κ1) is 11.0. The van der Waals surface area contributed by atoms with Gasteiger partial charge in [0.2, 0.25) is 0 Å². The van der Waals surface area contributed by atoms with E-state index in [0.717, 1.165) is 17.7 Å². The molecule has 0 aliphatic heterocycles. The van der Waals surface area contributed by atoms with Crippen molar-refractivity contribution in [1.29, 1.82) is 0 Å². The number of nitrogens with one attached hydrogen (secondary N) is 1. The van der Waals surface area contributed by atoms with Crippen LogP contribution >= 0.6 is 0 Å². The van der Waals surface area contributed by atoms with Crippen LogP contribution in [0.1, 0.15) is 19.4 Å². The van der Waals surface area contributed by atoms with Gasteiger partial charge >= 0.3 is 0 Å². The van der Waals surface area contributed by atoms with Crippen molar-refractivity contribution in [1.82, 2.24) is 4.98 Å². The van der Waals surface area contributed by atoms with Gasteiger partial charge in [-0.25, -0.2) is 0 Å². The van der Waals surface area contributed by atoms with Gasteiger partial charge in [0.25, 0.3) is 0 Å². The summed E-state index contributed by atoms with van der Waals surface area (Å²) in [5.74, 6) is 0.878. The van der Waals surface area contributed by atoms with Gasteiger partial charge in [-0.1, -0.05) is 0 Å². The highest BCUT2D eigenvalue weighted by Gasteiger charge is 2.14. The zero-order chi connectivity index (χ0) is 11.8. The Morgan fingerprint density at radius 2 is 2.12 bits per heavy atom. The van der Waals surface area contributed by atoms with Crippen LogP contribution in [0.4, 0.5) is 0 Å². The molecule has 0 unspecified atom stereocenters. The van der Waals surface area contributed by atoms with Crippen LogP contribution in [0, 0.1) is 0 Å². The number of aromatic amines is 1. The molecule has 3 nitrogen and oxygen atoms in total.